The molecule has 0 aliphatic heterocycles. The van der Waals surface area contributed by atoms with Gasteiger partial charge in [0.05, 0.1) is 13.2 Å². The van der Waals surface area contributed by atoms with Gasteiger partial charge in [-0.25, -0.2) is 0 Å². The number of aromatic hydroxyl groups is 1. The van der Waals surface area contributed by atoms with E-state index >= 15 is 0 Å². The van der Waals surface area contributed by atoms with Crippen molar-refractivity contribution in [2.24, 2.45) is 5.73 Å². The molecule has 132 valence electrons. The summed E-state index contributed by atoms with van der Waals surface area (Å²) in [6.45, 7) is 1.59. The molecule has 0 aliphatic rings. The first-order valence-electron chi connectivity index (χ1n) is 7.82. The molecular weight excluding hydrogens is 342 g/mol. The van der Waals surface area contributed by atoms with Crippen LogP contribution in [0.1, 0.15) is 15.9 Å². The van der Waals surface area contributed by atoms with Crippen LogP contribution in [0.25, 0.3) is 6.08 Å². The van der Waals surface area contributed by atoms with Crippen LogP contribution in [0.15, 0.2) is 48.5 Å². The van der Waals surface area contributed by atoms with E-state index in [4.69, 9.17) is 26.8 Å². The number of ether oxygens (including phenoxy) is 2. The van der Waals surface area contributed by atoms with Gasteiger partial charge in [0.15, 0.2) is 17.3 Å². The second kappa shape index (κ2) is 9.84. The van der Waals surface area contributed by atoms with Crippen molar-refractivity contribution in [3.8, 4) is 11.5 Å². The molecule has 0 amide bonds. The van der Waals surface area contributed by atoms with Gasteiger partial charge in [0, 0.05) is 17.1 Å². The average Bonchev–Trinajstić information content (AvgIpc) is 2.62. The lowest BCUT2D eigenvalue weighted by Crippen LogP contribution is -2.13. The summed E-state index contributed by atoms with van der Waals surface area (Å²) in [7, 11) is 0. The van der Waals surface area contributed by atoms with Crippen LogP contribution in [0.2, 0.25) is 5.02 Å². The number of halogens is 1. The lowest BCUT2D eigenvalue weighted by atomic mass is 10.1. The van der Waals surface area contributed by atoms with Crippen molar-refractivity contribution in [3.63, 3.8) is 0 Å². The van der Waals surface area contributed by atoms with Crippen LogP contribution in [0.3, 0.4) is 0 Å². The Labute approximate surface area is 151 Å². The highest BCUT2D eigenvalue weighted by atomic mass is 35.5. The molecule has 0 atom stereocenters. The summed E-state index contributed by atoms with van der Waals surface area (Å²) in [6, 6.07) is 11.5. The molecule has 0 spiro atoms. The summed E-state index contributed by atoms with van der Waals surface area (Å²) in [4.78, 5) is 12.1. The van der Waals surface area contributed by atoms with Crippen LogP contribution in [-0.4, -0.2) is 37.3 Å². The van der Waals surface area contributed by atoms with Gasteiger partial charge in [-0.15, -0.1) is 0 Å². The Bertz CT molecular complexity index is 729. The summed E-state index contributed by atoms with van der Waals surface area (Å²) >= 11 is 5.81. The molecule has 0 saturated heterocycles. The molecule has 0 radical (unpaired) electrons. The molecule has 0 aliphatic carbocycles. The van der Waals surface area contributed by atoms with Crippen molar-refractivity contribution < 1.29 is 19.4 Å². The Hall–Kier alpha value is -2.34. The van der Waals surface area contributed by atoms with Crippen molar-refractivity contribution in [1.82, 2.24) is 0 Å². The van der Waals surface area contributed by atoms with Gasteiger partial charge >= 0.3 is 0 Å². The lowest BCUT2D eigenvalue weighted by Gasteiger charge is -2.09. The number of ketones is 1. The van der Waals surface area contributed by atoms with Gasteiger partial charge in [-0.2, -0.15) is 0 Å². The van der Waals surface area contributed by atoms with Crippen LogP contribution < -0.4 is 10.5 Å². The molecule has 5 nitrogen and oxygen atoms in total. The molecule has 0 saturated carbocycles. The van der Waals surface area contributed by atoms with Gasteiger partial charge in [0.2, 0.25) is 0 Å². The van der Waals surface area contributed by atoms with E-state index in [1.165, 1.54) is 12.1 Å². The summed E-state index contributed by atoms with van der Waals surface area (Å²) in [5.41, 5.74) is 6.61. The molecule has 0 bridgehead atoms. The van der Waals surface area contributed by atoms with Crippen LogP contribution in [0.4, 0.5) is 0 Å². The molecule has 0 fully saturated rings. The van der Waals surface area contributed by atoms with Crippen LogP contribution in [0.5, 0.6) is 11.5 Å². The fourth-order valence-corrected chi connectivity index (χ4v) is 2.15. The topological polar surface area (TPSA) is 81.8 Å². The molecule has 0 heterocycles. The quantitative estimate of drug-likeness (QED) is 0.407. The fourth-order valence-electron chi connectivity index (χ4n) is 2.03. The number of benzene rings is 2. The minimum atomic E-state index is -0.137. The first kappa shape index (κ1) is 19.0. The van der Waals surface area contributed by atoms with Crippen LogP contribution in [0, 0.1) is 0 Å². The summed E-state index contributed by atoms with van der Waals surface area (Å²) < 4.78 is 10.7. The maximum absolute atomic E-state index is 12.1. The van der Waals surface area contributed by atoms with Crippen molar-refractivity contribution in [1.29, 1.82) is 0 Å². The second-order valence-electron chi connectivity index (χ2n) is 5.18. The molecule has 0 unspecified atom stereocenters. The van der Waals surface area contributed by atoms with Crippen molar-refractivity contribution in [3.05, 3.63) is 64.7 Å². The zero-order valence-corrected chi connectivity index (χ0v) is 14.4. The van der Waals surface area contributed by atoms with E-state index in [9.17, 15) is 9.90 Å². The number of hydrogen-bond donors (Lipinski definition) is 2. The molecule has 3 N–H and O–H groups in total. The van der Waals surface area contributed by atoms with E-state index in [0.29, 0.717) is 42.7 Å². The lowest BCUT2D eigenvalue weighted by molar-refractivity contribution is 0.104. The predicted molar refractivity (Wildman–Crippen MR) is 98.3 cm³/mol. The van der Waals surface area contributed by atoms with Gasteiger partial charge in [-0.05, 0) is 48.0 Å². The third-order valence-electron chi connectivity index (χ3n) is 3.29. The number of allylic oxidation sites excluding steroid dienone is 1. The highest BCUT2D eigenvalue weighted by Crippen LogP contribution is 2.27. The smallest absolute Gasteiger partial charge is 0.185 e. The van der Waals surface area contributed by atoms with Crippen molar-refractivity contribution >= 4 is 23.5 Å². The zero-order chi connectivity index (χ0) is 18.1. The van der Waals surface area contributed by atoms with E-state index < -0.39 is 0 Å². The Kier molecular flexibility index (Phi) is 7.47. The van der Waals surface area contributed by atoms with Crippen molar-refractivity contribution in [2.45, 2.75) is 0 Å². The van der Waals surface area contributed by atoms with Gasteiger partial charge in [-0.3, -0.25) is 4.79 Å². The highest BCUT2D eigenvalue weighted by Gasteiger charge is 2.05. The molecule has 0 aromatic heterocycles. The molecule has 6 heteroatoms. The molecule has 2 rings (SSSR count). The maximum Gasteiger partial charge on any atom is 0.185 e. The number of hydrogen-bond acceptors (Lipinski definition) is 5. The monoisotopic (exact) mass is 361 g/mol. The summed E-state index contributed by atoms with van der Waals surface area (Å²) in [5.74, 6) is 0.222. The molecular formula is C19H20ClNO4. The number of nitrogens with two attached hydrogens (primary N) is 1. The third-order valence-corrected chi connectivity index (χ3v) is 3.54. The van der Waals surface area contributed by atoms with Gasteiger partial charge in [-0.1, -0.05) is 23.7 Å². The van der Waals surface area contributed by atoms with E-state index in [0.717, 1.165) is 5.56 Å². The number of phenols is 1. The van der Waals surface area contributed by atoms with Crippen molar-refractivity contribution in [2.75, 3.05) is 26.4 Å². The van der Waals surface area contributed by atoms with Gasteiger partial charge in [0.1, 0.15) is 6.61 Å². The number of phenolic OH excluding ortho intramolecular Hbond substituents is 1. The van der Waals surface area contributed by atoms with Gasteiger partial charge in [0.25, 0.3) is 0 Å². The maximum atomic E-state index is 12.1. The Morgan fingerprint density at radius 1 is 1.12 bits per heavy atom. The second-order valence-corrected chi connectivity index (χ2v) is 5.62. The first-order valence-corrected chi connectivity index (χ1v) is 8.19. The Morgan fingerprint density at radius 3 is 2.60 bits per heavy atom. The Morgan fingerprint density at radius 2 is 1.88 bits per heavy atom. The molecule has 25 heavy (non-hydrogen) atoms. The van der Waals surface area contributed by atoms with Crippen LogP contribution >= 0.6 is 11.6 Å². The van der Waals surface area contributed by atoms with Gasteiger partial charge < -0.3 is 20.3 Å². The first-order chi connectivity index (χ1) is 12.1. The standard InChI is InChI=1S/C19H20ClNO4/c20-16-5-3-15(4-6-16)17(22)7-1-14-2-8-18(23)19(13-14)25-12-11-24-10-9-21/h1-8,13,23H,9-12,21H2/b7-1+. The number of carbonyl (C=O) groups is 1. The molecule has 2 aromatic carbocycles. The fraction of sp³-hybridized carbons (Fsp3) is 0.211. The Balaban J connectivity index is 1.98. The largest absolute Gasteiger partial charge is 0.504 e. The van der Waals surface area contributed by atoms with E-state index in [-0.39, 0.29) is 11.5 Å². The predicted octanol–water partition coefficient (Wildman–Crippen LogP) is 3.30. The number of carbonyl (C=O) groups excluding carboxylic acids is 1. The SMILES string of the molecule is NCCOCCOc1cc(/C=C/C(=O)c2ccc(Cl)cc2)ccc1O. The molecule has 2 aromatic rings. The normalized spacial score (nSPS) is 11.0. The summed E-state index contributed by atoms with van der Waals surface area (Å²) in [6.07, 6.45) is 3.12. The average molecular weight is 362 g/mol. The minimum Gasteiger partial charge on any atom is -0.504 e. The third kappa shape index (κ3) is 6.23. The highest BCUT2D eigenvalue weighted by molar-refractivity contribution is 6.30. The van der Waals surface area contributed by atoms with E-state index in [2.05, 4.69) is 0 Å². The zero-order valence-electron chi connectivity index (χ0n) is 13.7. The van der Waals surface area contributed by atoms with Crippen LogP contribution in [-0.2, 0) is 4.74 Å². The van der Waals surface area contributed by atoms with E-state index in [1.54, 1.807) is 42.5 Å². The minimum absolute atomic E-state index is 0.0278. The summed E-state index contributed by atoms with van der Waals surface area (Å²) in [5, 5.41) is 10.4. The van der Waals surface area contributed by atoms with E-state index in [1.807, 2.05) is 0 Å². The number of rotatable bonds is 9.